The van der Waals surface area contributed by atoms with Crippen LogP contribution in [0.15, 0.2) is 0 Å². The van der Waals surface area contributed by atoms with Crippen LogP contribution >= 0.6 is 0 Å². The van der Waals surface area contributed by atoms with Gasteiger partial charge in [0, 0.05) is 0 Å². The smallest absolute Gasteiger partial charge is 0.339 e. The van der Waals surface area contributed by atoms with Crippen molar-refractivity contribution in [2.45, 2.75) is 213 Å². The van der Waals surface area contributed by atoms with E-state index in [1.54, 1.807) is 0 Å². The fourth-order valence-corrected chi connectivity index (χ4v) is 14.7. The van der Waals surface area contributed by atoms with Crippen molar-refractivity contribution in [1.82, 2.24) is 0 Å². The summed E-state index contributed by atoms with van der Waals surface area (Å²) in [5.74, 6) is -160. The molecule has 12 aliphatic rings. The zero-order chi connectivity index (χ0) is 71.9. The second-order valence-corrected chi connectivity index (χ2v) is 22.6. The molecule has 3 atom stereocenters. The van der Waals surface area contributed by atoms with Crippen molar-refractivity contribution < 1.29 is 227 Å². The second-order valence-electron chi connectivity index (χ2n) is 22.6. The highest BCUT2D eigenvalue weighted by Gasteiger charge is 3.27. The molecule has 0 spiro atoms. The van der Waals surface area contributed by atoms with Gasteiger partial charge in [0.2, 0.25) is 0 Å². The molecule has 3 unspecified atom stereocenters. The van der Waals surface area contributed by atoms with Crippen LogP contribution in [0.5, 0.6) is 0 Å². The predicted octanol–water partition coefficient (Wildman–Crippen LogP) is 12.1. The highest BCUT2D eigenvalue weighted by Crippen LogP contribution is 2.93. The zero-order valence-electron chi connectivity index (χ0n) is 41.3. The Morgan fingerprint density at radius 2 is 0.330 bits per heavy atom. The maximum absolute atomic E-state index is 16.9. The van der Waals surface area contributed by atoms with Crippen LogP contribution in [-0.2, 0) is 14.2 Å². The quantitative estimate of drug-likeness (QED) is 0.150. The molecule has 0 amide bonds. The van der Waals surface area contributed by atoms with E-state index in [1.165, 1.54) is 0 Å². The Morgan fingerprint density at radius 1 is 0.220 bits per heavy atom. The lowest BCUT2D eigenvalue weighted by atomic mass is 9.40. The van der Waals surface area contributed by atoms with Gasteiger partial charge in [0.05, 0.1) is 43.5 Å². The van der Waals surface area contributed by atoms with Crippen molar-refractivity contribution in [1.29, 1.82) is 0 Å². The lowest BCUT2D eigenvalue weighted by Crippen LogP contribution is -3.09. The van der Waals surface area contributed by atoms with Crippen molar-refractivity contribution in [3.8, 4) is 0 Å². The molecule has 12 saturated carbocycles. The molecule has 51 heteroatoms. The van der Waals surface area contributed by atoms with Gasteiger partial charge in [-0.25, -0.2) is 65.9 Å². The molecule has 12 aliphatic carbocycles. The van der Waals surface area contributed by atoms with Gasteiger partial charge < -0.3 is 29.5 Å². The Bertz CT molecular complexity index is 2560. The van der Waals surface area contributed by atoms with Crippen molar-refractivity contribution in [3.05, 3.63) is 0 Å². The first-order chi connectivity index (χ1) is 39.4. The number of aliphatic hydroxyl groups is 3. The van der Waals surface area contributed by atoms with Gasteiger partial charge in [-0.05, 0) is 6.42 Å². The first-order valence-corrected chi connectivity index (χ1v) is 23.4. The molecule has 0 aromatic heterocycles. The minimum absolute atomic E-state index is 0.0779. The largest absolute Gasteiger partial charge is 0.390 e. The van der Waals surface area contributed by atoms with Crippen LogP contribution in [0.4, 0.5) is 198 Å². The summed E-state index contributed by atoms with van der Waals surface area (Å²) in [6.45, 7) is -13.6. The van der Waals surface area contributed by atoms with E-state index >= 15 is 171 Å². The highest BCUT2D eigenvalue weighted by atomic mass is 19.4. The first kappa shape index (κ1) is 71.9. The van der Waals surface area contributed by atoms with Gasteiger partial charge in [0.1, 0.15) is 0 Å². The summed E-state index contributed by atoms with van der Waals surface area (Å²) in [5.41, 5.74) is -112. The fraction of sp³-hybridized carbons (Fsp3) is 1.00. The Kier molecular flexibility index (Phi) is 12.6. The van der Waals surface area contributed by atoms with Crippen LogP contribution in [0.25, 0.3) is 0 Å². The molecule has 6 nitrogen and oxygen atoms in total. The Hall–Kier alpha value is -3.39. The number of hydrogen-bond donors (Lipinski definition) is 3. The van der Waals surface area contributed by atoms with Gasteiger partial charge in [-0.1, -0.05) is 13.3 Å². The van der Waals surface area contributed by atoms with Gasteiger partial charge in [-0.2, -0.15) is 132 Å². The number of ether oxygens (including phenoxy) is 3. The average Bonchev–Trinajstić information content (AvgIpc) is 0.607. The second kappa shape index (κ2) is 15.9. The van der Waals surface area contributed by atoms with E-state index in [-0.39, 0.29) is 6.92 Å². The average molecular weight is 1450 g/mol. The first-order valence-electron chi connectivity index (χ1n) is 23.4. The minimum Gasteiger partial charge on any atom is -0.390 e. The molecule has 0 saturated heterocycles. The lowest BCUT2D eigenvalue weighted by molar-refractivity contribution is -0.617. The topological polar surface area (TPSA) is 88.4 Å². The van der Waals surface area contributed by atoms with E-state index in [2.05, 4.69) is 14.2 Å². The number of halogens is 45. The van der Waals surface area contributed by atoms with Gasteiger partial charge in [0.25, 0.3) is 0 Å². The lowest BCUT2D eigenvalue weighted by Gasteiger charge is -2.74. The predicted molar refractivity (Wildman–Crippen MR) is 185 cm³/mol. The Labute approximate surface area is 465 Å². The third-order valence-electron chi connectivity index (χ3n) is 19.5. The molecule has 0 heterocycles. The number of aliphatic hydroxyl groups excluding tert-OH is 3. The summed E-state index contributed by atoms with van der Waals surface area (Å²) in [7, 11) is 0. The summed E-state index contributed by atoms with van der Waals surface area (Å²) in [6, 6.07) is 0. The van der Waals surface area contributed by atoms with Crippen LogP contribution in [0.1, 0.15) is 19.8 Å². The van der Waals surface area contributed by atoms with Crippen LogP contribution in [0.2, 0.25) is 0 Å². The molecule has 0 aliphatic heterocycles. The van der Waals surface area contributed by atoms with Crippen molar-refractivity contribution in [3.63, 3.8) is 0 Å². The van der Waals surface area contributed by atoms with Crippen LogP contribution < -0.4 is 0 Å². The van der Waals surface area contributed by atoms with E-state index in [0.717, 1.165) is 0 Å². The van der Waals surface area contributed by atoms with E-state index in [0.29, 0.717) is 0 Å². The van der Waals surface area contributed by atoms with E-state index < -0.39 is 231 Å². The monoisotopic (exact) mass is 1450 g/mol. The van der Waals surface area contributed by atoms with Crippen LogP contribution in [-0.4, -0.2) is 228 Å². The third kappa shape index (κ3) is 4.77. The maximum Gasteiger partial charge on any atom is 0.339 e. The van der Waals surface area contributed by atoms with Gasteiger partial charge in [-0.15, -0.1) is 0 Å². The van der Waals surface area contributed by atoms with Crippen molar-refractivity contribution in [2.24, 2.45) is 5.41 Å². The molecular formula is C40H19F45O6. The van der Waals surface area contributed by atoms with Crippen LogP contribution in [0.3, 0.4) is 0 Å². The maximum atomic E-state index is 16.9. The number of hydrogen-bond acceptors (Lipinski definition) is 6. The fourth-order valence-electron chi connectivity index (χ4n) is 14.7. The van der Waals surface area contributed by atoms with Gasteiger partial charge in [-0.3, -0.25) is 0 Å². The SMILES string of the molecule is CCCC(C(O)COC1(F)C2(F)C(F)(F)C3(F)C(F)(F)C(F)(C2(F)F)C(F)(F)C1(F)C3(F)F)(C(O)COC1(F)C2(F)C(F)(F)C3(F)C(F)(F)C(F)(C2(F)F)C(F)(F)C1(F)C3(F)F)C(O)COC1(F)C2(F)C(F)(F)C3(F)C(F)(F)C(F)(C2(F)F)C(F)(F)C1(F)C3(F)F. The molecule has 0 aromatic carbocycles. The van der Waals surface area contributed by atoms with E-state index in [4.69, 9.17) is 0 Å². The van der Waals surface area contributed by atoms with E-state index in [1.807, 2.05) is 0 Å². The standard InChI is InChI=1S/C40H19F45O6/c1-2-3-10(7(86)4-89-38(83)17(47)26(59,60)11(41)23(53,54)12(42,28(17,63)64)29(65,66)18(38,48)27(11,61)62,8(87)5-90-39(84)19(49)30(67,68)13(43)24(55,56)14(44,32(19,71)72)33(73,74)20(39,50)31(13,69)70)9(88)6-91-40(85)21(51)34(75,76)15(45)25(57,58)16(46,36(21,79)80)37(81,82)22(40,52)35(15,77)78/h7-9,86-88H,2-6H2,1H3. The van der Waals surface area contributed by atoms with Crippen molar-refractivity contribution in [2.75, 3.05) is 19.8 Å². The molecule has 0 aromatic rings. The minimum atomic E-state index is -8.96. The van der Waals surface area contributed by atoms with Gasteiger partial charge in [0.15, 0.2) is 0 Å². The third-order valence-corrected chi connectivity index (χ3v) is 19.5. The Balaban J connectivity index is 1.26. The number of alkyl halides is 45. The zero-order valence-corrected chi connectivity index (χ0v) is 41.3. The molecule has 12 rings (SSSR count). The summed E-state index contributed by atoms with van der Waals surface area (Å²) in [5, 5.41) is 33.6. The molecule has 12 bridgehead atoms. The van der Waals surface area contributed by atoms with Crippen LogP contribution in [0, 0.1) is 5.41 Å². The molecule has 91 heavy (non-hydrogen) atoms. The summed E-state index contributed by atoms with van der Waals surface area (Å²) >= 11 is 0. The molecule has 530 valence electrons. The molecular weight excluding hydrogens is 1430 g/mol. The number of rotatable bonds is 14. The molecule has 12 fully saturated rings. The normalized spacial score (nSPS) is 53.0. The molecule has 3 N–H and O–H groups in total. The summed E-state index contributed by atoms with van der Waals surface area (Å²) in [4.78, 5) is 0. The highest BCUT2D eigenvalue weighted by molar-refractivity contribution is 5.57. The summed E-state index contributed by atoms with van der Waals surface area (Å²) in [6.07, 6.45) is -21.6. The Morgan fingerprint density at radius 3 is 0.440 bits per heavy atom. The van der Waals surface area contributed by atoms with Crippen molar-refractivity contribution >= 4 is 0 Å². The summed E-state index contributed by atoms with van der Waals surface area (Å²) < 4.78 is 714. The molecule has 0 radical (unpaired) electrons. The van der Waals surface area contributed by atoms with E-state index in [9.17, 15) is 41.7 Å². The van der Waals surface area contributed by atoms with Gasteiger partial charge >= 0.3 is 174 Å².